The highest BCUT2D eigenvalue weighted by molar-refractivity contribution is 5.98. The van der Waals surface area contributed by atoms with E-state index in [1.165, 1.54) is 7.11 Å². The number of amides is 1. The average molecular weight is 277 g/mol. The van der Waals surface area contributed by atoms with Crippen molar-refractivity contribution < 1.29 is 19.1 Å². The van der Waals surface area contributed by atoms with Crippen molar-refractivity contribution >= 4 is 17.6 Å². The van der Waals surface area contributed by atoms with Crippen LogP contribution >= 0.6 is 0 Å². The van der Waals surface area contributed by atoms with Gasteiger partial charge in [0.1, 0.15) is 5.75 Å². The standard InChI is InChI=1S/C15H19NO4/c1-10(2)20-13-8-11(15(18)19-3)7-12(9-13)16-6-4-5-14(16)17/h7-10H,4-6H2,1-3H3. The molecule has 1 aromatic carbocycles. The molecular formula is C15H19NO4. The van der Waals surface area contributed by atoms with Gasteiger partial charge in [-0.2, -0.15) is 0 Å². The van der Waals surface area contributed by atoms with Crippen LogP contribution in [0.5, 0.6) is 5.75 Å². The summed E-state index contributed by atoms with van der Waals surface area (Å²) in [4.78, 5) is 25.2. The number of esters is 1. The molecule has 1 heterocycles. The molecule has 0 N–H and O–H groups in total. The number of ether oxygens (including phenoxy) is 2. The molecule has 1 aromatic rings. The summed E-state index contributed by atoms with van der Waals surface area (Å²) >= 11 is 0. The molecule has 5 nitrogen and oxygen atoms in total. The van der Waals surface area contributed by atoms with Crippen molar-refractivity contribution in [2.45, 2.75) is 32.8 Å². The van der Waals surface area contributed by atoms with Crippen molar-refractivity contribution in [2.24, 2.45) is 0 Å². The maximum absolute atomic E-state index is 11.8. The van der Waals surface area contributed by atoms with E-state index < -0.39 is 5.97 Å². The minimum absolute atomic E-state index is 0.00923. The zero-order valence-corrected chi connectivity index (χ0v) is 12.0. The van der Waals surface area contributed by atoms with E-state index in [-0.39, 0.29) is 12.0 Å². The Morgan fingerprint density at radius 3 is 2.60 bits per heavy atom. The lowest BCUT2D eigenvalue weighted by molar-refractivity contribution is -0.117. The van der Waals surface area contributed by atoms with Crippen LogP contribution in [-0.2, 0) is 9.53 Å². The normalized spacial score (nSPS) is 14.8. The lowest BCUT2D eigenvalue weighted by Gasteiger charge is -2.19. The molecule has 108 valence electrons. The minimum atomic E-state index is -0.438. The molecule has 20 heavy (non-hydrogen) atoms. The first kappa shape index (κ1) is 14.4. The van der Waals surface area contributed by atoms with Crippen LogP contribution in [0.1, 0.15) is 37.0 Å². The van der Waals surface area contributed by atoms with Gasteiger partial charge >= 0.3 is 5.97 Å². The van der Waals surface area contributed by atoms with Crippen LogP contribution in [-0.4, -0.2) is 31.6 Å². The number of methoxy groups -OCH3 is 1. The van der Waals surface area contributed by atoms with Crippen molar-refractivity contribution in [2.75, 3.05) is 18.6 Å². The molecule has 1 aliphatic rings. The van der Waals surface area contributed by atoms with E-state index in [9.17, 15) is 9.59 Å². The van der Waals surface area contributed by atoms with E-state index in [0.717, 1.165) is 6.42 Å². The first-order chi connectivity index (χ1) is 9.51. The summed E-state index contributed by atoms with van der Waals surface area (Å²) < 4.78 is 10.4. The summed E-state index contributed by atoms with van der Waals surface area (Å²) in [6, 6.07) is 5.09. The first-order valence-electron chi connectivity index (χ1n) is 6.71. The average Bonchev–Trinajstić information content (AvgIpc) is 2.83. The Bertz CT molecular complexity index is 525. The van der Waals surface area contributed by atoms with E-state index >= 15 is 0 Å². The summed E-state index contributed by atoms with van der Waals surface area (Å²) in [6.07, 6.45) is 1.37. The molecule has 0 aromatic heterocycles. The number of anilines is 1. The molecule has 5 heteroatoms. The second kappa shape index (κ2) is 5.94. The van der Waals surface area contributed by atoms with Crippen molar-refractivity contribution in [3.05, 3.63) is 23.8 Å². The van der Waals surface area contributed by atoms with Crippen molar-refractivity contribution in [3.8, 4) is 5.75 Å². The van der Waals surface area contributed by atoms with Crippen LogP contribution in [0, 0.1) is 0 Å². The molecular weight excluding hydrogens is 258 g/mol. The van der Waals surface area contributed by atoms with Gasteiger partial charge in [0, 0.05) is 24.7 Å². The number of benzene rings is 1. The summed E-state index contributed by atoms with van der Waals surface area (Å²) in [6.45, 7) is 4.49. The predicted molar refractivity (Wildman–Crippen MR) is 75.1 cm³/mol. The number of carbonyl (C=O) groups is 2. The molecule has 1 amide bonds. The van der Waals surface area contributed by atoms with Gasteiger partial charge in [-0.25, -0.2) is 4.79 Å². The van der Waals surface area contributed by atoms with Crippen LogP contribution in [0.3, 0.4) is 0 Å². The molecule has 0 bridgehead atoms. The number of rotatable bonds is 4. The topological polar surface area (TPSA) is 55.8 Å². The van der Waals surface area contributed by atoms with Crippen LogP contribution in [0.4, 0.5) is 5.69 Å². The Kier molecular flexibility index (Phi) is 4.27. The fourth-order valence-corrected chi connectivity index (χ4v) is 2.24. The Labute approximate surface area is 118 Å². The molecule has 0 aliphatic carbocycles. The summed E-state index contributed by atoms with van der Waals surface area (Å²) in [5, 5.41) is 0. The number of carbonyl (C=O) groups excluding carboxylic acids is 2. The van der Waals surface area contributed by atoms with E-state index in [1.54, 1.807) is 23.1 Å². The Morgan fingerprint density at radius 2 is 2.05 bits per heavy atom. The Balaban J connectivity index is 2.39. The second-order valence-electron chi connectivity index (χ2n) is 5.02. The summed E-state index contributed by atoms with van der Waals surface area (Å²) in [5.41, 5.74) is 1.08. The smallest absolute Gasteiger partial charge is 0.338 e. The molecule has 0 unspecified atom stereocenters. The van der Waals surface area contributed by atoms with Gasteiger partial charge in [-0.1, -0.05) is 0 Å². The van der Waals surface area contributed by atoms with Gasteiger partial charge in [-0.3, -0.25) is 4.79 Å². The lowest BCUT2D eigenvalue weighted by Crippen LogP contribution is -2.24. The van der Waals surface area contributed by atoms with Gasteiger partial charge in [0.05, 0.1) is 18.8 Å². The van der Waals surface area contributed by atoms with Gasteiger partial charge < -0.3 is 14.4 Å². The number of nitrogens with zero attached hydrogens (tertiary/aromatic N) is 1. The highest BCUT2D eigenvalue weighted by atomic mass is 16.5. The molecule has 0 saturated carbocycles. The molecule has 1 fully saturated rings. The highest BCUT2D eigenvalue weighted by Gasteiger charge is 2.23. The van der Waals surface area contributed by atoms with Gasteiger partial charge in [-0.15, -0.1) is 0 Å². The quantitative estimate of drug-likeness (QED) is 0.793. The monoisotopic (exact) mass is 277 g/mol. The van der Waals surface area contributed by atoms with Crippen LogP contribution < -0.4 is 9.64 Å². The summed E-state index contributed by atoms with van der Waals surface area (Å²) in [7, 11) is 1.33. The third-order valence-electron chi connectivity index (χ3n) is 3.07. The highest BCUT2D eigenvalue weighted by Crippen LogP contribution is 2.28. The third kappa shape index (κ3) is 3.10. The zero-order valence-electron chi connectivity index (χ0n) is 12.0. The zero-order chi connectivity index (χ0) is 14.7. The molecule has 1 aliphatic heterocycles. The molecule has 1 saturated heterocycles. The van der Waals surface area contributed by atoms with Gasteiger partial charge in [-0.05, 0) is 32.4 Å². The van der Waals surface area contributed by atoms with Crippen LogP contribution in [0.25, 0.3) is 0 Å². The lowest BCUT2D eigenvalue weighted by atomic mass is 10.1. The van der Waals surface area contributed by atoms with E-state index in [4.69, 9.17) is 9.47 Å². The predicted octanol–water partition coefficient (Wildman–Crippen LogP) is 2.39. The molecule has 0 radical (unpaired) electrons. The first-order valence-corrected chi connectivity index (χ1v) is 6.71. The minimum Gasteiger partial charge on any atom is -0.491 e. The SMILES string of the molecule is COC(=O)c1cc(OC(C)C)cc(N2CCCC2=O)c1. The van der Waals surface area contributed by atoms with Crippen molar-refractivity contribution in [1.82, 2.24) is 0 Å². The van der Waals surface area contributed by atoms with Crippen molar-refractivity contribution in [3.63, 3.8) is 0 Å². The number of hydrogen-bond acceptors (Lipinski definition) is 4. The second-order valence-corrected chi connectivity index (χ2v) is 5.02. The fraction of sp³-hybridized carbons (Fsp3) is 0.467. The summed E-state index contributed by atoms with van der Waals surface area (Å²) in [5.74, 6) is 0.201. The molecule has 0 atom stereocenters. The van der Waals surface area contributed by atoms with E-state index in [0.29, 0.717) is 30.0 Å². The largest absolute Gasteiger partial charge is 0.491 e. The van der Waals surface area contributed by atoms with Gasteiger partial charge in [0.15, 0.2) is 0 Å². The van der Waals surface area contributed by atoms with E-state index in [2.05, 4.69) is 0 Å². The fourth-order valence-electron chi connectivity index (χ4n) is 2.24. The van der Waals surface area contributed by atoms with Gasteiger partial charge in [0.25, 0.3) is 0 Å². The van der Waals surface area contributed by atoms with Crippen LogP contribution in [0.2, 0.25) is 0 Å². The molecule has 0 spiro atoms. The maximum Gasteiger partial charge on any atom is 0.338 e. The third-order valence-corrected chi connectivity index (χ3v) is 3.07. The van der Waals surface area contributed by atoms with Gasteiger partial charge in [0.2, 0.25) is 5.91 Å². The van der Waals surface area contributed by atoms with Crippen LogP contribution in [0.15, 0.2) is 18.2 Å². The molecule has 2 rings (SSSR count). The Morgan fingerprint density at radius 1 is 1.30 bits per heavy atom. The maximum atomic E-state index is 11.8. The Hall–Kier alpha value is -2.04. The number of hydrogen-bond donors (Lipinski definition) is 0. The van der Waals surface area contributed by atoms with E-state index in [1.807, 2.05) is 13.8 Å². The van der Waals surface area contributed by atoms with Crippen molar-refractivity contribution in [1.29, 1.82) is 0 Å².